The van der Waals surface area contributed by atoms with E-state index in [9.17, 15) is 4.79 Å². The number of para-hydroxylation sites is 2. The fraction of sp³-hybridized carbons (Fsp3) is 0.118. The van der Waals surface area contributed by atoms with Crippen molar-refractivity contribution in [2.75, 3.05) is 23.8 Å². The lowest BCUT2D eigenvalue weighted by molar-refractivity contribution is -0.110. The average Bonchev–Trinajstić information content (AvgIpc) is 3.13. The third-order valence-corrected chi connectivity index (χ3v) is 4.06. The highest BCUT2D eigenvalue weighted by Crippen LogP contribution is 2.14. The van der Waals surface area contributed by atoms with Gasteiger partial charge in [0.05, 0.1) is 12.2 Å². The number of amides is 1. The van der Waals surface area contributed by atoms with Crippen LogP contribution >= 0.6 is 11.8 Å². The van der Waals surface area contributed by atoms with E-state index in [-0.39, 0.29) is 11.0 Å². The lowest BCUT2D eigenvalue weighted by Gasteiger charge is -2.09. The van der Waals surface area contributed by atoms with Crippen LogP contribution in [-0.2, 0) is 4.79 Å². The van der Waals surface area contributed by atoms with Crippen molar-refractivity contribution in [2.45, 2.75) is 0 Å². The van der Waals surface area contributed by atoms with Gasteiger partial charge in [0, 0.05) is 12.2 Å². The number of rotatable bonds is 3. The third-order valence-electron chi connectivity index (χ3n) is 3.12. The molecule has 0 atom stereocenters. The molecule has 0 saturated heterocycles. The van der Waals surface area contributed by atoms with Crippen molar-refractivity contribution in [1.29, 1.82) is 0 Å². The van der Waals surface area contributed by atoms with Crippen molar-refractivity contribution in [1.82, 2.24) is 5.32 Å². The van der Waals surface area contributed by atoms with Gasteiger partial charge in [-0.1, -0.05) is 36.4 Å². The maximum Gasteiger partial charge on any atom is 0.283 e. The second-order valence-corrected chi connectivity index (χ2v) is 5.91. The Kier molecular flexibility index (Phi) is 5.47. The van der Waals surface area contributed by atoms with Gasteiger partial charge in [0.1, 0.15) is 0 Å². The average molecular weight is 339 g/mol. The Morgan fingerprint density at radius 2 is 1.71 bits per heavy atom. The maximum atomic E-state index is 12.5. The van der Waals surface area contributed by atoms with Gasteiger partial charge in [-0.2, -0.15) is 5.10 Å². The number of aliphatic imine (C=N–C) groups is 1. The summed E-state index contributed by atoms with van der Waals surface area (Å²) >= 11 is 1.21. The Bertz CT molecular complexity index is 746. The van der Waals surface area contributed by atoms with Crippen molar-refractivity contribution in [3.05, 3.63) is 60.7 Å². The standard InChI is InChI=1S/C17H17N5OS/c23-15(20-13-7-3-1-4-8-13)16(24-17-18-11-12-19-17)22-21-14-9-5-2-6-10-14/h1-10,21H,11-12H2,(H,18,19)(H,20,23)/b22-16-. The molecule has 122 valence electrons. The van der Waals surface area contributed by atoms with E-state index in [1.54, 1.807) is 0 Å². The van der Waals surface area contributed by atoms with E-state index < -0.39 is 0 Å². The first-order valence-electron chi connectivity index (χ1n) is 7.52. The number of hydrogen-bond donors (Lipinski definition) is 3. The summed E-state index contributed by atoms with van der Waals surface area (Å²) in [7, 11) is 0. The van der Waals surface area contributed by atoms with Gasteiger partial charge in [0.2, 0.25) is 0 Å². The molecule has 2 aromatic rings. The molecule has 0 saturated carbocycles. The zero-order chi connectivity index (χ0) is 16.6. The quantitative estimate of drug-likeness (QED) is 0.456. The zero-order valence-electron chi connectivity index (χ0n) is 12.9. The minimum Gasteiger partial charge on any atom is -0.363 e. The summed E-state index contributed by atoms with van der Waals surface area (Å²) in [6.07, 6.45) is 0. The number of nitrogens with zero attached hydrogens (tertiary/aromatic N) is 2. The van der Waals surface area contributed by atoms with Crippen molar-refractivity contribution in [3.63, 3.8) is 0 Å². The van der Waals surface area contributed by atoms with Crippen molar-refractivity contribution >= 4 is 39.3 Å². The van der Waals surface area contributed by atoms with Gasteiger partial charge in [-0.25, -0.2) is 0 Å². The minimum absolute atomic E-state index is 0.286. The van der Waals surface area contributed by atoms with Crippen molar-refractivity contribution in [3.8, 4) is 0 Å². The fourth-order valence-electron chi connectivity index (χ4n) is 1.99. The van der Waals surface area contributed by atoms with Crippen LogP contribution in [0.25, 0.3) is 0 Å². The molecule has 1 aliphatic heterocycles. The molecule has 7 heteroatoms. The summed E-state index contributed by atoms with van der Waals surface area (Å²) < 4.78 is 0. The van der Waals surface area contributed by atoms with E-state index in [0.717, 1.165) is 17.9 Å². The number of carbonyl (C=O) groups excluding carboxylic acids is 1. The maximum absolute atomic E-state index is 12.5. The number of amidine groups is 1. The zero-order valence-corrected chi connectivity index (χ0v) is 13.7. The topological polar surface area (TPSA) is 77.9 Å². The molecule has 0 bridgehead atoms. The highest BCUT2D eigenvalue weighted by atomic mass is 32.2. The van der Waals surface area contributed by atoms with Gasteiger partial charge in [-0.3, -0.25) is 15.2 Å². The second kappa shape index (κ2) is 8.16. The Labute approximate surface area is 144 Å². The molecule has 3 N–H and O–H groups in total. The van der Waals surface area contributed by atoms with Gasteiger partial charge in [0.25, 0.3) is 5.91 Å². The molecule has 1 aliphatic rings. The van der Waals surface area contributed by atoms with Gasteiger partial charge in [0.15, 0.2) is 10.2 Å². The van der Waals surface area contributed by atoms with Crippen LogP contribution in [0.4, 0.5) is 11.4 Å². The summed E-state index contributed by atoms with van der Waals surface area (Å²) in [5, 5.41) is 11.2. The van der Waals surface area contributed by atoms with Crippen LogP contribution in [0.15, 0.2) is 70.8 Å². The molecule has 0 unspecified atom stereocenters. The van der Waals surface area contributed by atoms with E-state index in [2.05, 4.69) is 26.2 Å². The Morgan fingerprint density at radius 1 is 1.04 bits per heavy atom. The molecule has 0 aliphatic carbocycles. The molecular weight excluding hydrogens is 322 g/mol. The summed E-state index contributed by atoms with van der Waals surface area (Å²) in [6.45, 7) is 1.49. The van der Waals surface area contributed by atoms with Crippen LogP contribution in [0.3, 0.4) is 0 Å². The van der Waals surface area contributed by atoms with Crippen LogP contribution in [-0.4, -0.2) is 29.2 Å². The number of hydrazone groups is 1. The predicted molar refractivity (Wildman–Crippen MR) is 100 cm³/mol. The monoisotopic (exact) mass is 339 g/mol. The largest absolute Gasteiger partial charge is 0.363 e. The number of carbonyl (C=O) groups is 1. The van der Waals surface area contributed by atoms with E-state index in [1.807, 2.05) is 60.7 Å². The summed E-state index contributed by atoms with van der Waals surface area (Å²) in [6, 6.07) is 18.8. The lowest BCUT2D eigenvalue weighted by Crippen LogP contribution is -2.25. The molecule has 1 heterocycles. The number of hydrogen-bond acceptors (Lipinski definition) is 6. The van der Waals surface area contributed by atoms with Crippen LogP contribution in [0.1, 0.15) is 0 Å². The van der Waals surface area contributed by atoms with Gasteiger partial charge >= 0.3 is 0 Å². The van der Waals surface area contributed by atoms with Gasteiger partial charge < -0.3 is 10.6 Å². The van der Waals surface area contributed by atoms with Crippen LogP contribution < -0.4 is 16.1 Å². The lowest BCUT2D eigenvalue weighted by atomic mass is 10.3. The van der Waals surface area contributed by atoms with Crippen LogP contribution in [0.2, 0.25) is 0 Å². The predicted octanol–water partition coefficient (Wildman–Crippen LogP) is 2.74. The molecule has 0 spiro atoms. The van der Waals surface area contributed by atoms with E-state index in [0.29, 0.717) is 11.7 Å². The summed E-state index contributed by atoms with van der Waals surface area (Å²) in [5.74, 6) is -0.286. The van der Waals surface area contributed by atoms with Gasteiger partial charge in [-0.05, 0) is 36.0 Å². The Morgan fingerprint density at radius 3 is 2.33 bits per heavy atom. The first-order valence-corrected chi connectivity index (χ1v) is 8.34. The van der Waals surface area contributed by atoms with E-state index >= 15 is 0 Å². The molecule has 1 amide bonds. The number of nitrogens with one attached hydrogen (secondary N) is 3. The highest BCUT2D eigenvalue weighted by molar-refractivity contribution is 8.28. The SMILES string of the molecule is O=C(Nc1ccccc1)/C(=N/Nc1ccccc1)SC1=NCCN1. The first-order chi connectivity index (χ1) is 11.8. The molecule has 6 nitrogen and oxygen atoms in total. The Balaban J connectivity index is 1.74. The normalized spacial score (nSPS) is 13.8. The molecule has 0 radical (unpaired) electrons. The first kappa shape index (κ1) is 16.1. The summed E-state index contributed by atoms with van der Waals surface area (Å²) in [5.41, 5.74) is 4.44. The van der Waals surface area contributed by atoms with Crippen molar-refractivity contribution in [2.24, 2.45) is 10.1 Å². The third kappa shape index (κ3) is 4.60. The second-order valence-electron chi connectivity index (χ2n) is 4.93. The van der Waals surface area contributed by atoms with E-state index in [4.69, 9.17) is 0 Å². The fourth-order valence-corrected chi connectivity index (χ4v) is 2.74. The van der Waals surface area contributed by atoms with Crippen LogP contribution in [0.5, 0.6) is 0 Å². The molecular formula is C17H17N5OS. The van der Waals surface area contributed by atoms with Gasteiger partial charge in [-0.15, -0.1) is 0 Å². The molecule has 0 fully saturated rings. The summed E-state index contributed by atoms with van der Waals surface area (Å²) in [4.78, 5) is 16.8. The minimum atomic E-state index is -0.286. The number of benzene rings is 2. The smallest absolute Gasteiger partial charge is 0.283 e. The molecule has 3 rings (SSSR count). The number of thioether (sulfide) groups is 1. The highest BCUT2D eigenvalue weighted by Gasteiger charge is 2.18. The van der Waals surface area contributed by atoms with E-state index in [1.165, 1.54) is 11.8 Å². The molecule has 2 aromatic carbocycles. The Hall–Kier alpha value is -2.80. The molecule has 24 heavy (non-hydrogen) atoms. The van der Waals surface area contributed by atoms with Crippen LogP contribution in [0, 0.1) is 0 Å². The van der Waals surface area contributed by atoms with Crippen molar-refractivity contribution < 1.29 is 4.79 Å². The molecule has 0 aromatic heterocycles. The number of anilines is 2.